The Balaban J connectivity index is 1.40. The Labute approximate surface area is 250 Å². The Kier molecular flexibility index (Phi) is 7.59. The Hall–Kier alpha value is -3.51. The fourth-order valence-corrected chi connectivity index (χ4v) is 8.26. The van der Waals surface area contributed by atoms with Crippen LogP contribution in [0.25, 0.3) is 10.8 Å². The van der Waals surface area contributed by atoms with Gasteiger partial charge < -0.3 is 30.0 Å². The van der Waals surface area contributed by atoms with Gasteiger partial charge >= 0.3 is 6.09 Å². The first-order valence-electron chi connectivity index (χ1n) is 13.8. The van der Waals surface area contributed by atoms with Crippen LogP contribution in [-0.2, 0) is 19.4 Å². The third-order valence-electron chi connectivity index (χ3n) is 8.58. The number of hydrogen-bond acceptors (Lipinski definition) is 7. The highest BCUT2D eigenvalue weighted by Gasteiger charge is 2.55. The number of rotatable bonds is 6. The first-order chi connectivity index (χ1) is 19.6. The van der Waals surface area contributed by atoms with Crippen LogP contribution in [0.15, 0.2) is 53.2 Å². The molecule has 2 saturated heterocycles. The number of benzene rings is 2. The molecule has 0 saturated carbocycles. The van der Waals surface area contributed by atoms with Crippen LogP contribution < -0.4 is 5.32 Å². The van der Waals surface area contributed by atoms with E-state index >= 15 is 0 Å². The van der Waals surface area contributed by atoms with Gasteiger partial charge in [0.25, 0.3) is 5.91 Å². The van der Waals surface area contributed by atoms with Gasteiger partial charge in [-0.05, 0) is 53.3 Å². The average Bonchev–Trinajstić information content (AvgIpc) is 3.42. The smallest absolute Gasteiger partial charge is 0.405 e. The quantitative estimate of drug-likeness (QED) is 0.506. The van der Waals surface area contributed by atoms with Crippen molar-refractivity contribution in [2.75, 3.05) is 39.2 Å². The van der Waals surface area contributed by atoms with Crippen molar-refractivity contribution in [2.45, 2.75) is 50.1 Å². The maximum absolute atomic E-state index is 14.3. The summed E-state index contributed by atoms with van der Waals surface area (Å²) in [6, 6.07) is 9.62. The van der Waals surface area contributed by atoms with Gasteiger partial charge in [0.15, 0.2) is 9.84 Å². The average molecular weight is 618 g/mol. The summed E-state index contributed by atoms with van der Waals surface area (Å²) in [4.78, 5) is 46.7. The molecule has 3 aliphatic rings. The molecule has 0 unspecified atom stereocenters. The third kappa shape index (κ3) is 5.37. The van der Waals surface area contributed by atoms with Gasteiger partial charge in [-0.15, -0.1) is 0 Å². The van der Waals surface area contributed by atoms with E-state index in [1.54, 1.807) is 45.0 Å². The second kappa shape index (κ2) is 10.6. The lowest BCUT2D eigenvalue weighted by Crippen LogP contribution is -2.70. The molecule has 0 spiro atoms. The molecule has 2 aromatic carbocycles. The summed E-state index contributed by atoms with van der Waals surface area (Å²) in [6.07, 6.45) is 1.35. The van der Waals surface area contributed by atoms with Gasteiger partial charge in [-0.25, -0.2) is 13.2 Å². The number of hydrogen-bond donors (Lipinski definition) is 2. The summed E-state index contributed by atoms with van der Waals surface area (Å²) >= 11 is 6.07. The number of piperidine rings is 1. The van der Waals surface area contributed by atoms with Crippen LogP contribution >= 0.6 is 11.6 Å². The molecule has 5 rings (SSSR count). The Morgan fingerprint density at radius 1 is 1.05 bits per heavy atom. The third-order valence-corrected chi connectivity index (χ3v) is 10.6. The van der Waals surface area contributed by atoms with Crippen LogP contribution in [0.2, 0.25) is 5.02 Å². The standard InChI is InChI=1S/C29H36ClN5O6S/c1-28(2,3)29(31-27(38)39,16-42(40,41)23-8-6-19-13-21(30)7-5-20(19)14-23)26(37)33-11-9-22(10-12-33)35-18-34-17-32(4)15-24(34)25(35)36/h5-8,13-15,22,31H,9-12,16-18H2,1-4H3,(H,38,39)/t29-/m0/s1. The van der Waals surface area contributed by atoms with E-state index in [4.69, 9.17) is 11.6 Å². The number of likely N-dealkylation sites (tertiary alicyclic amines) is 1. The fourth-order valence-electron chi connectivity index (χ4n) is 6.13. The zero-order valence-corrected chi connectivity index (χ0v) is 25.7. The lowest BCUT2D eigenvalue weighted by molar-refractivity contribution is -0.143. The van der Waals surface area contributed by atoms with Crippen molar-refractivity contribution < 1.29 is 27.9 Å². The minimum Gasteiger partial charge on any atom is -0.465 e. The summed E-state index contributed by atoms with van der Waals surface area (Å²) in [7, 11) is -2.24. The van der Waals surface area contributed by atoms with E-state index in [1.165, 1.54) is 17.0 Å². The van der Waals surface area contributed by atoms with Gasteiger partial charge in [0.1, 0.15) is 11.2 Å². The van der Waals surface area contributed by atoms with E-state index in [1.807, 2.05) is 27.9 Å². The molecular weight excluding hydrogens is 582 g/mol. The van der Waals surface area contributed by atoms with Crippen molar-refractivity contribution in [1.29, 1.82) is 0 Å². The maximum Gasteiger partial charge on any atom is 0.405 e. The Morgan fingerprint density at radius 3 is 2.31 bits per heavy atom. The predicted octanol–water partition coefficient (Wildman–Crippen LogP) is 3.16. The second-order valence-corrected chi connectivity index (χ2v) is 14.8. The van der Waals surface area contributed by atoms with Gasteiger partial charge in [-0.1, -0.05) is 44.5 Å². The number of nitrogens with zero attached hydrogens (tertiary/aromatic N) is 4. The molecule has 2 aromatic rings. The van der Waals surface area contributed by atoms with E-state index < -0.39 is 38.5 Å². The highest BCUT2D eigenvalue weighted by Crippen LogP contribution is 2.37. The maximum atomic E-state index is 14.3. The molecular formula is C29H36ClN5O6S. The first kappa shape index (κ1) is 30.0. The topological polar surface area (TPSA) is 131 Å². The largest absolute Gasteiger partial charge is 0.465 e. The molecule has 11 nitrogen and oxygen atoms in total. The van der Waals surface area contributed by atoms with Crippen LogP contribution in [0.5, 0.6) is 0 Å². The predicted molar refractivity (Wildman–Crippen MR) is 158 cm³/mol. The molecule has 1 atom stereocenters. The molecule has 226 valence electrons. The lowest BCUT2D eigenvalue weighted by Gasteiger charge is -2.47. The van der Waals surface area contributed by atoms with Gasteiger partial charge in [-0.3, -0.25) is 9.59 Å². The second-order valence-electron chi connectivity index (χ2n) is 12.4. The first-order valence-corrected chi connectivity index (χ1v) is 15.8. The normalized spacial score (nSPS) is 19.6. The molecule has 3 aliphatic heterocycles. The molecule has 2 N–H and O–H groups in total. The molecule has 0 aliphatic carbocycles. The van der Waals surface area contributed by atoms with Gasteiger partial charge in [0, 0.05) is 37.4 Å². The number of fused-ring (bicyclic) bond motifs is 2. The van der Waals surface area contributed by atoms with Crippen molar-refractivity contribution in [3.63, 3.8) is 0 Å². The van der Waals surface area contributed by atoms with Crippen molar-refractivity contribution in [1.82, 2.24) is 24.9 Å². The summed E-state index contributed by atoms with van der Waals surface area (Å²) in [6.45, 7) is 6.63. The number of carboxylic acid groups (broad SMARTS) is 1. The van der Waals surface area contributed by atoms with Gasteiger partial charge in [-0.2, -0.15) is 0 Å². The Morgan fingerprint density at radius 2 is 1.69 bits per heavy atom. The fraction of sp³-hybridized carbons (Fsp3) is 0.483. The van der Waals surface area contributed by atoms with Gasteiger partial charge in [0.2, 0.25) is 5.91 Å². The number of carbonyl (C=O) groups is 3. The van der Waals surface area contributed by atoms with Crippen molar-refractivity contribution in [3.8, 4) is 0 Å². The molecule has 0 bridgehead atoms. The van der Waals surface area contributed by atoms with E-state index in [-0.39, 0.29) is 29.9 Å². The van der Waals surface area contributed by atoms with Gasteiger partial charge in [0.05, 0.1) is 24.0 Å². The minimum atomic E-state index is -4.15. The highest BCUT2D eigenvalue weighted by molar-refractivity contribution is 7.91. The monoisotopic (exact) mass is 617 g/mol. The molecule has 0 radical (unpaired) electrons. The molecule has 0 aromatic heterocycles. The zero-order chi connectivity index (χ0) is 30.6. The molecule has 2 fully saturated rings. The number of sulfone groups is 1. The number of carbonyl (C=O) groups excluding carboxylic acids is 2. The van der Waals surface area contributed by atoms with Crippen LogP contribution in [0.3, 0.4) is 0 Å². The summed E-state index contributed by atoms with van der Waals surface area (Å²) in [5.41, 5.74) is -2.42. The van der Waals surface area contributed by atoms with Crippen molar-refractivity contribution in [3.05, 3.63) is 53.3 Å². The number of nitrogens with one attached hydrogen (secondary N) is 1. The Bertz CT molecular complexity index is 1580. The molecule has 3 amide bonds. The SMILES string of the molecule is CN1C=C2C(=O)N(C3CCN(C(=O)[C@](CS(=O)(=O)c4ccc5cc(Cl)ccc5c4)(NC(=O)O)C(C)(C)C)CC3)CN2C1. The summed E-state index contributed by atoms with van der Waals surface area (Å²) in [5.74, 6) is -1.39. The molecule has 42 heavy (non-hydrogen) atoms. The van der Waals surface area contributed by atoms with E-state index in [2.05, 4.69) is 5.32 Å². The molecule has 3 heterocycles. The van der Waals surface area contributed by atoms with Crippen LogP contribution in [0.1, 0.15) is 33.6 Å². The van der Waals surface area contributed by atoms with Crippen LogP contribution in [0, 0.1) is 5.41 Å². The van der Waals surface area contributed by atoms with Crippen molar-refractivity contribution >= 4 is 50.1 Å². The van der Waals surface area contributed by atoms with E-state index in [9.17, 15) is 27.9 Å². The number of halogens is 1. The lowest BCUT2D eigenvalue weighted by atomic mass is 9.73. The molecule has 13 heteroatoms. The summed E-state index contributed by atoms with van der Waals surface area (Å²) < 4.78 is 27.7. The summed E-state index contributed by atoms with van der Waals surface area (Å²) in [5, 5.41) is 14.1. The zero-order valence-electron chi connectivity index (χ0n) is 24.1. The highest BCUT2D eigenvalue weighted by atomic mass is 35.5. The number of amides is 3. The van der Waals surface area contributed by atoms with E-state index in [0.29, 0.717) is 42.3 Å². The van der Waals surface area contributed by atoms with E-state index in [0.717, 1.165) is 5.39 Å². The van der Waals surface area contributed by atoms with Crippen LogP contribution in [0.4, 0.5) is 4.79 Å². The van der Waals surface area contributed by atoms with Crippen LogP contribution in [-0.4, -0.2) is 102 Å². The van der Waals surface area contributed by atoms with Crippen molar-refractivity contribution in [2.24, 2.45) is 5.41 Å². The minimum absolute atomic E-state index is 0.0160.